The maximum atomic E-state index is 11.4. The van der Waals surface area contributed by atoms with Crippen LogP contribution in [0.2, 0.25) is 0 Å². The quantitative estimate of drug-likeness (QED) is 0.743. The number of halogens is 1. The highest BCUT2D eigenvalue weighted by Crippen LogP contribution is 2.18. The number of carbonyl (C=O) groups is 1. The highest BCUT2D eigenvalue weighted by atomic mass is 79.9. The monoisotopic (exact) mass is 348 g/mol. The number of hydrogen-bond acceptors (Lipinski definition) is 3. The van der Waals surface area contributed by atoms with Gasteiger partial charge in [0.05, 0.1) is 26.7 Å². The predicted octanol–water partition coefficient (Wildman–Crippen LogP) is 3.88. The van der Waals surface area contributed by atoms with Crippen LogP contribution in [0.5, 0.6) is 0 Å². The number of ether oxygens (including phenoxy) is 2. The SMILES string of the molecule is COC(=O)Cc1ccccc1COCc1ccccc1Br. The Balaban J connectivity index is 1.97. The van der Waals surface area contributed by atoms with Gasteiger partial charge in [-0.15, -0.1) is 0 Å². The van der Waals surface area contributed by atoms with E-state index in [2.05, 4.69) is 15.9 Å². The third kappa shape index (κ3) is 4.69. The molecule has 0 spiro atoms. The van der Waals surface area contributed by atoms with Crippen molar-refractivity contribution in [1.29, 1.82) is 0 Å². The maximum absolute atomic E-state index is 11.4. The van der Waals surface area contributed by atoms with Crippen LogP contribution in [0.3, 0.4) is 0 Å². The number of methoxy groups -OCH3 is 1. The summed E-state index contributed by atoms with van der Waals surface area (Å²) in [6, 6.07) is 15.7. The highest BCUT2D eigenvalue weighted by Gasteiger charge is 2.08. The van der Waals surface area contributed by atoms with E-state index in [0.29, 0.717) is 13.2 Å². The largest absolute Gasteiger partial charge is 0.469 e. The minimum Gasteiger partial charge on any atom is -0.469 e. The van der Waals surface area contributed by atoms with Gasteiger partial charge in [-0.3, -0.25) is 4.79 Å². The van der Waals surface area contributed by atoms with Gasteiger partial charge in [0.15, 0.2) is 0 Å². The Morgan fingerprint density at radius 3 is 2.19 bits per heavy atom. The third-order valence-electron chi connectivity index (χ3n) is 3.15. The van der Waals surface area contributed by atoms with Crippen molar-refractivity contribution in [2.45, 2.75) is 19.6 Å². The number of benzene rings is 2. The molecular weight excluding hydrogens is 332 g/mol. The summed E-state index contributed by atoms with van der Waals surface area (Å²) in [5.74, 6) is -0.242. The minimum absolute atomic E-state index is 0.242. The number of esters is 1. The zero-order valence-corrected chi connectivity index (χ0v) is 13.4. The molecule has 2 aromatic rings. The first-order valence-electron chi connectivity index (χ1n) is 6.65. The molecule has 0 aromatic heterocycles. The molecule has 0 heterocycles. The molecule has 2 rings (SSSR count). The van der Waals surface area contributed by atoms with Crippen molar-refractivity contribution in [3.63, 3.8) is 0 Å². The van der Waals surface area contributed by atoms with Crippen molar-refractivity contribution in [2.24, 2.45) is 0 Å². The van der Waals surface area contributed by atoms with Crippen molar-refractivity contribution in [1.82, 2.24) is 0 Å². The summed E-state index contributed by atoms with van der Waals surface area (Å²) in [5, 5.41) is 0. The Morgan fingerprint density at radius 2 is 1.52 bits per heavy atom. The second kappa shape index (κ2) is 7.96. The summed E-state index contributed by atoms with van der Waals surface area (Å²) in [7, 11) is 1.40. The first kappa shape index (κ1) is 15.7. The Morgan fingerprint density at radius 1 is 0.952 bits per heavy atom. The average molecular weight is 349 g/mol. The molecule has 0 atom stereocenters. The Bertz CT molecular complexity index is 610. The minimum atomic E-state index is -0.242. The molecule has 0 N–H and O–H groups in total. The topological polar surface area (TPSA) is 35.5 Å². The van der Waals surface area contributed by atoms with Crippen LogP contribution in [0.4, 0.5) is 0 Å². The molecule has 0 bridgehead atoms. The zero-order valence-electron chi connectivity index (χ0n) is 11.8. The van der Waals surface area contributed by atoms with Crippen LogP contribution in [0, 0.1) is 0 Å². The van der Waals surface area contributed by atoms with Gasteiger partial charge in [-0.2, -0.15) is 0 Å². The zero-order chi connectivity index (χ0) is 15.1. The van der Waals surface area contributed by atoms with Crippen LogP contribution in [-0.4, -0.2) is 13.1 Å². The van der Waals surface area contributed by atoms with Gasteiger partial charge >= 0.3 is 5.97 Å². The number of hydrogen-bond donors (Lipinski definition) is 0. The molecule has 2 aromatic carbocycles. The molecule has 0 aliphatic rings. The van der Waals surface area contributed by atoms with Gasteiger partial charge in [0.25, 0.3) is 0 Å². The molecule has 0 amide bonds. The van der Waals surface area contributed by atoms with Gasteiger partial charge in [0.2, 0.25) is 0 Å². The summed E-state index contributed by atoms with van der Waals surface area (Å²) in [6.45, 7) is 0.989. The van der Waals surface area contributed by atoms with Crippen LogP contribution in [0.15, 0.2) is 53.0 Å². The number of rotatable bonds is 6. The molecular formula is C17H17BrO3. The van der Waals surface area contributed by atoms with E-state index in [-0.39, 0.29) is 12.4 Å². The van der Waals surface area contributed by atoms with Gasteiger partial charge in [-0.25, -0.2) is 0 Å². The van der Waals surface area contributed by atoms with E-state index >= 15 is 0 Å². The van der Waals surface area contributed by atoms with Crippen LogP contribution in [0.25, 0.3) is 0 Å². The normalized spacial score (nSPS) is 10.4. The fraction of sp³-hybridized carbons (Fsp3) is 0.235. The fourth-order valence-corrected chi connectivity index (χ4v) is 2.38. The molecule has 3 nitrogen and oxygen atoms in total. The lowest BCUT2D eigenvalue weighted by atomic mass is 10.1. The van der Waals surface area contributed by atoms with Gasteiger partial charge in [-0.05, 0) is 22.8 Å². The third-order valence-corrected chi connectivity index (χ3v) is 3.93. The van der Waals surface area contributed by atoms with Crippen molar-refractivity contribution in [3.05, 3.63) is 69.7 Å². The number of carbonyl (C=O) groups excluding carboxylic acids is 1. The Kier molecular flexibility index (Phi) is 5.96. The molecule has 0 aliphatic heterocycles. The fourth-order valence-electron chi connectivity index (χ4n) is 1.98. The molecule has 4 heteroatoms. The standard InChI is InChI=1S/C17H17BrO3/c1-20-17(19)10-13-6-2-3-7-14(13)11-21-12-15-8-4-5-9-16(15)18/h2-9H,10-12H2,1H3. The second-order valence-electron chi connectivity index (χ2n) is 4.61. The first-order chi connectivity index (χ1) is 10.2. The van der Waals surface area contributed by atoms with Gasteiger partial charge in [0, 0.05) is 4.47 Å². The lowest BCUT2D eigenvalue weighted by Gasteiger charge is -2.10. The highest BCUT2D eigenvalue weighted by molar-refractivity contribution is 9.10. The average Bonchev–Trinajstić information content (AvgIpc) is 2.50. The molecule has 110 valence electrons. The van der Waals surface area contributed by atoms with Crippen molar-refractivity contribution in [3.8, 4) is 0 Å². The molecule has 0 aliphatic carbocycles. The van der Waals surface area contributed by atoms with Gasteiger partial charge in [-0.1, -0.05) is 58.4 Å². The van der Waals surface area contributed by atoms with Crippen LogP contribution in [-0.2, 0) is 33.9 Å². The summed E-state index contributed by atoms with van der Waals surface area (Å²) in [5.41, 5.74) is 3.05. The van der Waals surface area contributed by atoms with E-state index in [1.54, 1.807) is 0 Å². The van der Waals surface area contributed by atoms with Crippen LogP contribution in [0.1, 0.15) is 16.7 Å². The smallest absolute Gasteiger partial charge is 0.309 e. The van der Waals surface area contributed by atoms with E-state index in [4.69, 9.17) is 9.47 Å². The van der Waals surface area contributed by atoms with Crippen LogP contribution < -0.4 is 0 Å². The lowest BCUT2D eigenvalue weighted by Crippen LogP contribution is -2.07. The van der Waals surface area contributed by atoms with Crippen LogP contribution >= 0.6 is 15.9 Å². The van der Waals surface area contributed by atoms with E-state index < -0.39 is 0 Å². The molecule has 0 radical (unpaired) electrons. The summed E-state index contributed by atoms with van der Waals surface area (Å²) in [4.78, 5) is 11.4. The van der Waals surface area contributed by atoms with Crippen molar-refractivity contribution >= 4 is 21.9 Å². The Labute approximate surface area is 133 Å². The summed E-state index contributed by atoms with van der Waals surface area (Å²) >= 11 is 3.50. The summed E-state index contributed by atoms with van der Waals surface area (Å²) < 4.78 is 11.5. The first-order valence-corrected chi connectivity index (χ1v) is 7.44. The molecule has 0 fully saturated rings. The van der Waals surface area contributed by atoms with E-state index in [9.17, 15) is 4.79 Å². The van der Waals surface area contributed by atoms with E-state index in [1.165, 1.54) is 7.11 Å². The predicted molar refractivity (Wildman–Crippen MR) is 84.8 cm³/mol. The summed E-state index contributed by atoms with van der Waals surface area (Å²) in [6.07, 6.45) is 0.269. The van der Waals surface area contributed by atoms with E-state index in [1.807, 2.05) is 48.5 Å². The van der Waals surface area contributed by atoms with Crippen molar-refractivity contribution < 1.29 is 14.3 Å². The van der Waals surface area contributed by atoms with Gasteiger partial charge < -0.3 is 9.47 Å². The molecule has 0 saturated heterocycles. The molecule has 21 heavy (non-hydrogen) atoms. The Hall–Kier alpha value is -1.65. The maximum Gasteiger partial charge on any atom is 0.309 e. The molecule has 0 unspecified atom stereocenters. The van der Waals surface area contributed by atoms with Crippen molar-refractivity contribution in [2.75, 3.05) is 7.11 Å². The molecule has 0 saturated carbocycles. The van der Waals surface area contributed by atoms with E-state index in [0.717, 1.165) is 21.2 Å². The second-order valence-corrected chi connectivity index (χ2v) is 5.46. The lowest BCUT2D eigenvalue weighted by molar-refractivity contribution is -0.139. The van der Waals surface area contributed by atoms with Gasteiger partial charge in [0.1, 0.15) is 0 Å².